The minimum atomic E-state index is -0.0502. The standard InChI is InChI=1S/C17H21N7OS/c1-11(14-20-15(18)22-16(21-14)23(2)3)26-17-19-8-9-24(17)12-6-5-7-13(10-12)25-4/h5-11H,1-4H3,(H2,18,20,21,22). The Balaban J connectivity index is 1.87. The molecule has 136 valence electrons. The Morgan fingerprint density at radius 2 is 2.04 bits per heavy atom. The summed E-state index contributed by atoms with van der Waals surface area (Å²) in [4.78, 5) is 19.2. The van der Waals surface area contributed by atoms with Gasteiger partial charge >= 0.3 is 0 Å². The molecular weight excluding hydrogens is 350 g/mol. The number of methoxy groups -OCH3 is 1. The lowest BCUT2D eigenvalue weighted by molar-refractivity contribution is 0.414. The monoisotopic (exact) mass is 371 g/mol. The highest BCUT2D eigenvalue weighted by Crippen LogP contribution is 2.34. The van der Waals surface area contributed by atoms with Crippen molar-refractivity contribution in [1.29, 1.82) is 0 Å². The Kier molecular flexibility index (Phi) is 5.27. The number of rotatable bonds is 6. The number of nitrogens with zero attached hydrogens (tertiary/aromatic N) is 6. The topological polar surface area (TPSA) is 95.0 Å². The van der Waals surface area contributed by atoms with E-state index in [1.165, 1.54) is 0 Å². The number of aromatic nitrogens is 5. The zero-order valence-electron chi connectivity index (χ0n) is 15.1. The Labute approximate surface area is 156 Å². The van der Waals surface area contributed by atoms with Gasteiger partial charge in [-0.1, -0.05) is 17.8 Å². The van der Waals surface area contributed by atoms with Gasteiger partial charge in [0.15, 0.2) is 5.16 Å². The molecule has 0 fully saturated rings. The molecular formula is C17H21N7OS. The SMILES string of the molecule is COc1cccc(-n2ccnc2SC(C)c2nc(N)nc(N(C)C)n2)c1. The van der Waals surface area contributed by atoms with Crippen LogP contribution in [0.25, 0.3) is 5.69 Å². The van der Waals surface area contributed by atoms with Crippen molar-refractivity contribution in [3.63, 3.8) is 0 Å². The third kappa shape index (κ3) is 3.88. The maximum absolute atomic E-state index is 5.83. The van der Waals surface area contributed by atoms with E-state index in [2.05, 4.69) is 19.9 Å². The van der Waals surface area contributed by atoms with Crippen molar-refractivity contribution in [2.75, 3.05) is 31.8 Å². The van der Waals surface area contributed by atoms with Crippen molar-refractivity contribution < 1.29 is 4.74 Å². The Morgan fingerprint density at radius 3 is 2.77 bits per heavy atom. The van der Waals surface area contributed by atoms with Gasteiger partial charge in [0.25, 0.3) is 0 Å². The summed E-state index contributed by atoms with van der Waals surface area (Å²) in [5.41, 5.74) is 6.80. The van der Waals surface area contributed by atoms with Crippen LogP contribution in [-0.2, 0) is 0 Å². The fourth-order valence-electron chi connectivity index (χ4n) is 2.32. The fraction of sp³-hybridized carbons (Fsp3) is 0.294. The summed E-state index contributed by atoms with van der Waals surface area (Å²) in [6, 6.07) is 7.82. The van der Waals surface area contributed by atoms with E-state index in [9.17, 15) is 0 Å². The molecule has 0 amide bonds. The van der Waals surface area contributed by atoms with Gasteiger partial charge in [0.1, 0.15) is 11.6 Å². The first-order valence-electron chi connectivity index (χ1n) is 8.01. The summed E-state index contributed by atoms with van der Waals surface area (Å²) in [5, 5.41) is 0.780. The van der Waals surface area contributed by atoms with E-state index in [-0.39, 0.29) is 11.2 Å². The first-order chi connectivity index (χ1) is 12.5. The number of nitrogen functional groups attached to an aromatic ring is 1. The van der Waals surface area contributed by atoms with E-state index in [4.69, 9.17) is 10.5 Å². The summed E-state index contributed by atoms with van der Waals surface area (Å²) >= 11 is 1.55. The molecule has 0 radical (unpaired) electrons. The Morgan fingerprint density at radius 1 is 1.23 bits per heavy atom. The second-order valence-electron chi connectivity index (χ2n) is 5.79. The van der Waals surface area contributed by atoms with Gasteiger partial charge in [0.05, 0.1) is 18.0 Å². The molecule has 3 aromatic rings. The summed E-state index contributed by atoms with van der Waals surface area (Å²) in [6.07, 6.45) is 3.68. The van der Waals surface area contributed by atoms with E-state index in [1.54, 1.807) is 30.0 Å². The fourth-order valence-corrected chi connectivity index (χ4v) is 3.25. The van der Waals surface area contributed by atoms with Gasteiger partial charge in [-0.15, -0.1) is 0 Å². The number of thioether (sulfide) groups is 1. The summed E-state index contributed by atoms with van der Waals surface area (Å²) in [7, 11) is 5.38. The lowest BCUT2D eigenvalue weighted by Crippen LogP contribution is -2.16. The smallest absolute Gasteiger partial charge is 0.229 e. The molecule has 9 heteroatoms. The highest BCUT2D eigenvalue weighted by Gasteiger charge is 2.17. The maximum atomic E-state index is 5.83. The number of anilines is 2. The zero-order chi connectivity index (χ0) is 18.7. The molecule has 1 unspecified atom stereocenters. The molecule has 3 rings (SSSR count). The van der Waals surface area contributed by atoms with Gasteiger partial charge in [-0.3, -0.25) is 4.57 Å². The number of hydrogen-bond acceptors (Lipinski definition) is 8. The van der Waals surface area contributed by atoms with Crippen LogP contribution in [0.15, 0.2) is 41.8 Å². The minimum Gasteiger partial charge on any atom is -0.497 e. The first kappa shape index (κ1) is 18.0. The van der Waals surface area contributed by atoms with Crippen LogP contribution in [0.2, 0.25) is 0 Å². The van der Waals surface area contributed by atoms with Crippen molar-refractivity contribution in [1.82, 2.24) is 24.5 Å². The van der Waals surface area contributed by atoms with Gasteiger partial charge in [0.2, 0.25) is 11.9 Å². The van der Waals surface area contributed by atoms with Crippen molar-refractivity contribution in [2.24, 2.45) is 0 Å². The van der Waals surface area contributed by atoms with Gasteiger partial charge in [-0.2, -0.15) is 15.0 Å². The largest absolute Gasteiger partial charge is 0.497 e. The molecule has 2 N–H and O–H groups in total. The molecule has 8 nitrogen and oxygen atoms in total. The summed E-state index contributed by atoms with van der Waals surface area (Å²) < 4.78 is 7.31. The first-order valence-corrected chi connectivity index (χ1v) is 8.89. The van der Waals surface area contributed by atoms with Crippen LogP contribution in [0.5, 0.6) is 5.75 Å². The summed E-state index contributed by atoms with van der Waals surface area (Å²) in [6.45, 7) is 2.02. The quantitative estimate of drug-likeness (QED) is 0.661. The normalized spacial score (nSPS) is 12.0. The van der Waals surface area contributed by atoms with E-state index < -0.39 is 0 Å². The van der Waals surface area contributed by atoms with E-state index >= 15 is 0 Å². The molecule has 26 heavy (non-hydrogen) atoms. The lowest BCUT2D eigenvalue weighted by atomic mass is 10.3. The van der Waals surface area contributed by atoms with Crippen molar-refractivity contribution in [3.05, 3.63) is 42.5 Å². The number of ether oxygens (including phenoxy) is 1. The van der Waals surface area contributed by atoms with Gasteiger partial charge < -0.3 is 15.4 Å². The van der Waals surface area contributed by atoms with Crippen molar-refractivity contribution in [2.45, 2.75) is 17.3 Å². The molecule has 0 bridgehead atoms. The number of nitrogens with two attached hydrogens (primary N) is 1. The second-order valence-corrected chi connectivity index (χ2v) is 7.10. The van der Waals surface area contributed by atoms with E-state index in [1.807, 2.05) is 56.0 Å². The number of hydrogen-bond donors (Lipinski definition) is 1. The van der Waals surface area contributed by atoms with Crippen LogP contribution >= 0.6 is 11.8 Å². The molecule has 1 aromatic carbocycles. The van der Waals surface area contributed by atoms with Crippen LogP contribution in [0.1, 0.15) is 18.0 Å². The molecule has 0 aliphatic rings. The van der Waals surface area contributed by atoms with Crippen LogP contribution in [-0.4, -0.2) is 45.7 Å². The van der Waals surface area contributed by atoms with Gasteiger partial charge in [-0.05, 0) is 19.1 Å². The predicted octanol–water partition coefficient (Wildman–Crippen LogP) is 2.57. The average molecular weight is 371 g/mol. The lowest BCUT2D eigenvalue weighted by Gasteiger charge is -2.15. The molecule has 1 atom stereocenters. The number of imidazole rings is 1. The molecule has 0 aliphatic heterocycles. The molecule has 2 heterocycles. The molecule has 0 aliphatic carbocycles. The van der Waals surface area contributed by atoms with Crippen molar-refractivity contribution in [3.8, 4) is 11.4 Å². The maximum Gasteiger partial charge on any atom is 0.229 e. The van der Waals surface area contributed by atoms with Crippen LogP contribution in [0, 0.1) is 0 Å². The van der Waals surface area contributed by atoms with Gasteiger partial charge in [-0.25, -0.2) is 4.98 Å². The highest BCUT2D eigenvalue weighted by molar-refractivity contribution is 7.99. The third-order valence-electron chi connectivity index (χ3n) is 3.64. The minimum absolute atomic E-state index is 0.0502. The number of benzene rings is 1. The molecule has 0 saturated carbocycles. The Hall–Kier alpha value is -2.81. The highest BCUT2D eigenvalue weighted by atomic mass is 32.2. The predicted molar refractivity (Wildman–Crippen MR) is 103 cm³/mol. The van der Waals surface area contributed by atoms with Crippen LogP contribution < -0.4 is 15.4 Å². The van der Waals surface area contributed by atoms with Crippen LogP contribution in [0.3, 0.4) is 0 Å². The van der Waals surface area contributed by atoms with E-state index in [0.29, 0.717) is 11.8 Å². The van der Waals surface area contributed by atoms with Gasteiger partial charge in [0, 0.05) is 32.6 Å². The molecule has 2 aromatic heterocycles. The average Bonchev–Trinajstić information content (AvgIpc) is 3.09. The Bertz CT molecular complexity index is 896. The van der Waals surface area contributed by atoms with E-state index in [0.717, 1.165) is 16.6 Å². The van der Waals surface area contributed by atoms with Crippen molar-refractivity contribution >= 4 is 23.7 Å². The molecule has 0 spiro atoms. The third-order valence-corrected chi connectivity index (χ3v) is 4.72. The van der Waals surface area contributed by atoms with Crippen LogP contribution in [0.4, 0.5) is 11.9 Å². The summed E-state index contributed by atoms with van der Waals surface area (Å²) in [5.74, 6) is 2.16. The second kappa shape index (κ2) is 7.61. The zero-order valence-corrected chi connectivity index (χ0v) is 15.9. The molecule has 0 saturated heterocycles.